The number of aromatic nitrogens is 3. The number of aryl methyl sites for hydroxylation is 2. The van der Waals surface area contributed by atoms with Gasteiger partial charge in [0.2, 0.25) is 0 Å². The smallest absolute Gasteiger partial charge is 0.358 e. The Morgan fingerprint density at radius 2 is 1.81 bits per heavy atom. The molecule has 0 aliphatic rings. The van der Waals surface area contributed by atoms with Crippen molar-refractivity contribution in [2.24, 2.45) is 0 Å². The van der Waals surface area contributed by atoms with E-state index in [9.17, 15) is 24.2 Å². The Balaban J connectivity index is 1.76. The van der Waals surface area contributed by atoms with Crippen LogP contribution in [0.15, 0.2) is 42.6 Å². The normalized spacial score (nSPS) is 10.8. The molecule has 0 saturated heterocycles. The van der Waals surface area contributed by atoms with Gasteiger partial charge in [0.15, 0.2) is 5.69 Å². The Morgan fingerprint density at radius 1 is 1.10 bits per heavy atom. The standard InChI is InChI=1S/C22H22FN3O5/c1-31-22(30)19-12-26(11-14-5-7-16(23)8-6-14)20(25-19)4-2-3-17-9-15(21(28)29)10-18(13-27)24-17/h5-10,12,27H,2-4,11,13H2,1H3,(H,28,29). The maximum Gasteiger partial charge on any atom is 0.358 e. The summed E-state index contributed by atoms with van der Waals surface area (Å²) >= 11 is 0. The van der Waals surface area contributed by atoms with Crippen molar-refractivity contribution in [2.45, 2.75) is 32.4 Å². The van der Waals surface area contributed by atoms with E-state index in [0.29, 0.717) is 43.0 Å². The lowest BCUT2D eigenvalue weighted by atomic mass is 10.1. The molecule has 31 heavy (non-hydrogen) atoms. The van der Waals surface area contributed by atoms with Crippen molar-refractivity contribution in [3.05, 3.63) is 82.4 Å². The second-order valence-corrected chi connectivity index (χ2v) is 6.94. The SMILES string of the molecule is COC(=O)c1cn(Cc2ccc(F)cc2)c(CCCc2cc(C(=O)O)cc(CO)n2)n1. The highest BCUT2D eigenvalue weighted by Crippen LogP contribution is 2.14. The van der Waals surface area contributed by atoms with Crippen molar-refractivity contribution >= 4 is 11.9 Å². The Hall–Kier alpha value is -3.59. The third-order valence-electron chi connectivity index (χ3n) is 4.69. The Kier molecular flexibility index (Phi) is 7.09. The number of imidazole rings is 1. The number of aliphatic hydroxyl groups excluding tert-OH is 1. The van der Waals surface area contributed by atoms with Crippen LogP contribution in [0.1, 0.15) is 50.0 Å². The van der Waals surface area contributed by atoms with E-state index in [1.54, 1.807) is 22.9 Å². The van der Waals surface area contributed by atoms with Crippen molar-refractivity contribution in [1.82, 2.24) is 14.5 Å². The van der Waals surface area contributed by atoms with Crippen LogP contribution in [0.2, 0.25) is 0 Å². The molecular weight excluding hydrogens is 405 g/mol. The van der Waals surface area contributed by atoms with E-state index in [1.165, 1.54) is 31.4 Å². The quantitative estimate of drug-likeness (QED) is 0.505. The number of esters is 1. The van der Waals surface area contributed by atoms with Gasteiger partial charge in [-0.15, -0.1) is 0 Å². The van der Waals surface area contributed by atoms with Gasteiger partial charge in [0.25, 0.3) is 0 Å². The number of carboxylic acids is 1. The number of halogens is 1. The first-order chi connectivity index (χ1) is 14.9. The van der Waals surface area contributed by atoms with Gasteiger partial charge in [0, 0.05) is 24.9 Å². The van der Waals surface area contributed by atoms with E-state index >= 15 is 0 Å². The van der Waals surface area contributed by atoms with Gasteiger partial charge in [0.1, 0.15) is 11.6 Å². The zero-order valence-electron chi connectivity index (χ0n) is 16.9. The van der Waals surface area contributed by atoms with Gasteiger partial charge < -0.3 is 19.5 Å². The number of nitrogens with zero attached hydrogens (tertiary/aromatic N) is 3. The molecule has 0 fully saturated rings. The van der Waals surface area contributed by atoms with Gasteiger partial charge in [-0.3, -0.25) is 4.98 Å². The summed E-state index contributed by atoms with van der Waals surface area (Å²) in [6.07, 6.45) is 3.14. The number of carboxylic acid groups (broad SMARTS) is 1. The number of rotatable bonds is 9. The topological polar surface area (TPSA) is 115 Å². The number of aromatic carboxylic acids is 1. The second kappa shape index (κ2) is 9.94. The summed E-state index contributed by atoms with van der Waals surface area (Å²) in [6.45, 7) is 0.0553. The van der Waals surface area contributed by atoms with Crippen molar-refractivity contribution in [3.63, 3.8) is 0 Å². The molecule has 0 atom stereocenters. The molecule has 9 heteroatoms. The van der Waals surface area contributed by atoms with E-state index in [4.69, 9.17) is 4.74 Å². The molecule has 162 valence electrons. The van der Waals surface area contributed by atoms with Gasteiger partial charge in [-0.1, -0.05) is 12.1 Å². The van der Waals surface area contributed by atoms with Gasteiger partial charge >= 0.3 is 11.9 Å². The molecular formula is C22H22FN3O5. The van der Waals surface area contributed by atoms with Crippen molar-refractivity contribution < 1.29 is 28.9 Å². The zero-order chi connectivity index (χ0) is 22.4. The Bertz CT molecular complexity index is 1080. The first kappa shape index (κ1) is 22.1. The number of aliphatic hydroxyl groups is 1. The minimum atomic E-state index is -1.09. The van der Waals surface area contributed by atoms with Crippen LogP contribution in [-0.2, 0) is 30.7 Å². The van der Waals surface area contributed by atoms with Gasteiger partial charge in [-0.2, -0.15) is 0 Å². The van der Waals surface area contributed by atoms with Crippen molar-refractivity contribution in [2.75, 3.05) is 7.11 Å². The molecule has 0 bridgehead atoms. The fourth-order valence-corrected chi connectivity index (χ4v) is 3.19. The molecule has 2 N–H and O–H groups in total. The zero-order valence-corrected chi connectivity index (χ0v) is 16.9. The Labute approximate surface area is 178 Å². The molecule has 0 unspecified atom stereocenters. The number of methoxy groups -OCH3 is 1. The molecule has 1 aromatic carbocycles. The number of ether oxygens (including phenoxy) is 1. The van der Waals surface area contributed by atoms with Crippen LogP contribution >= 0.6 is 0 Å². The predicted molar refractivity (Wildman–Crippen MR) is 108 cm³/mol. The monoisotopic (exact) mass is 427 g/mol. The average molecular weight is 427 g/mol. The molecule has 3 rings (SSSR count). The minimum Gasteiger partial charge on any atom is -0.478 e. The summed E-state index contributed by atoms with van der Waals surface area (Å²) in [4.78, 5) is 31.8. The van der Waals surface area contributed by atoms with Crippen LogP contribution in [0.25, 0.3) is 0 Å². The van der Waals surface area contributed by atoms with Crippen molar-refractivity contribution in [1.29, 1.82) is 0 Å². The number of benzene rings is 1. The summed E-state index contributed by atoms with van der Waals surface area (Å²) in [5.41, 5.74) is 1.93. The predicted octanol–water partition coefficient (Wildman–Crippen LogP) is 2.62. The van der Waals surface area contributed by atoms with Gasteiger partial charge in [-0.05, 0) is 42.7 Å². The third kappa shape index (κ3) is 5.73. The highest BCUT2D eigenvalue weighted by molar-refractivity contribution is 5.88. The lowest BCUT2D eigenvalue weighted by Crippen LogP contribution is -2.07. The van der Waals surface area contributed by atoms with Gasteiger partial charge in [0.05, 0.1) is 25.0 Å². The molecule has 0 spiro atoms. The van der Waals surface area contributed by atoms with Crippen LogP contribution in [0.3, 0.4) is 0 Å². The maximum absolute atomic E-state index is 13.2. The number of carbonyl (C=O) groups is 2. The summed E-state index contributed by atoms with van der Waals surface area (Å²) in [7, 11) is 1.28. The molecule has 0 radical (unpaired) electrons. The lowest BCUT2D eigenvalue weighted by Gasteiger charge is -2.09. The first-order valence-corrected chi connectivity index (χ1v) is 9.62. The highest BCUT2D eigenvalue weighted by atomic mass is 19.1. The van der Waals surface area contributed by atoms with E-state index in [0.717, 1.165) is 5.56 Å². The summed E-state index contributed by atoms with van der Waals surface area (Å²) in [5, 5.41) is 18.5. The van der Waals surface area contributed by atoms with Crippen LogP contribution in [0.5, 0.6) is 0 Å². The summed E-state index contributed by atoms with van der Waals surface area (Å²) < 4.78 is 19.7. The highest BCUT2D eigenvalue weighted by Gasteiger charge is 2.15. The molecule has 8 nitrogen and oxygen atoms in total. The number of hydrogen-bond donors (Lipinski definition) is 2. The molecule has 2 heterocycles. The number of carbonyl (C=O) groups excluding carboxylic acids is 1. The lowest BCUT2D eigenvalue weighted by molar-refractivity contribution is 0.0593. The van der Waals surface area contributed by atoms with Crippen LogP contribution in [0, 0.1) is 5.82 Å². The van der Waals surface area contributed by atoms with Crippen LogP contribution in [-0.4, -0.2) is 43.8 Å². The molecule has 0 aliphatic heterocycles. The molecule has 0 aliphatic carbocycles. The fraction of sp³-hybridized carbons (Fsp3) is 0.273. The first-order valence-electron chi connectivity index (χ1n) is 9.62. The third-order valence-corrected chi connectivity index (χ3v) is 4.69. The van der Waals surface area contributed by atoms with Crippen molar-refractivity contribution in [3.8, 4) is 0 Å². The summed E-state index contributed by atoms with van der Waals surface area (Å²) in [6, 6.07) is 8.87. The average Bonchev–Trinajstić information content (AvgIpc) is 3.17. The van der Waals surface area contributed by atoms with Crippen LogP contribution in [0.4, 0.5) is 4.39 Å². The largest absolute Gasteiger partial charge is 0.478 e. The number of pyridine rings is 1. The summed E-state index contributed by atoms with van der Waals surface area (Å²) in [5.74, 6) is -1.33. The minimum absolute atomic E-state index is 0.0693. The Morgan fingerprint density at radius 3 is 2.45 bits per heavy atom. The van der Waals surface area contributed by atoms with E-state index < -0.39 is 11.9 Å². The maximum atomic E-state index is 13.2. The van der Waals surface area contributed by atoms with Gasteiger partial charge in [-0.25, -0.2) is 19.0 Å². The van der Waals surface area contributed by atoms with E-state index in [2.05, 4.69) is 9.97 Å². The molecule has 2 aromatic heterocycles. The van der Waals surface area contributed by atoms with E-state index in [1.807, 2.05) is 0 Å². The molecule has 0 saturated carbocycles. The fourth-order valence-electron chi connectivity index (χ4n) is 3.19. The second-order valence-electron chi connectivity index (χ2n) is 6.94. The van der Waals surface area contributed by atoms with Crippen LogP contribution < -0.4 is 0 Å². The number of hydrogen-bond acceptors (Lipinski definition) is 6. The van der Waals surface area contributed by atoms with E-state index in [-0.39, 0.29) is 23.7 Å². The molecule has 3 aromatic rings. The molecule has 0 amide bonds.